The van der Waals surface area contributed by atoms with E-state index in [4.69, 9.17) is 4.42 Å². The summed E-state index contributed by atoms with van der Waals surface area (Å²) < 4.78 is 7.30. The highest BCUT2D eigenvalue weighted by atomic mass is 32.2. The van der Waals surface area contributed by atoms with Crippen LogP contribution in [0.1, 0.15) is 26.5 Å². The molecule has 0 saturated carbocycles. The van der Waals surface area contributed by atoms with Crippen LogP contribution in [0.15, 0.2) is 27.7 Å². The van der Waals surface area contributed by atoms with Gasteiger partial charge in [-0.1, -0.05) is 20.8 Å². The highest BCUT2D eigenvalue weighted by Gasteiger charge is 2.25. The summed E-state index contributed by atoms with van der Waals surface area (Å²) >= 11 is 1.68. The van der Waals surface area contributed by atoms with E-state index in [-0.39, 0.29) is 5.41 Å². The van der Waals surface area contributed by atoms with Crippen LogP contribution >= 0.6 is 11.8 Å². The smallest absolute Gasteiger partial charge is 0.219 e. The molecule has 0 atom stereocenters. The summed E-state index contributed by atoms with van der Waals surface area (Å²) in [6, 6.07) is 3.73. The maximum absolute atomic E-state index is 5.40. The van der Waals surface area contributed by atoms with E-state index in [0.29, 0.717) is 11.6 Å². The minimum absolute atomic E-state index is 0.0273. The van der Waals surface area contributed by atoms with Crippen LogP contribution in [0.3, 0.4) is 0 Å². The average Bonchev–Trinajstić information content (AvgIpc) is 3.02. The summed E-state index contributed by atoms with van der Waals surface area (Å²) in [5, 5.41) is 11.9. The molecule has 0 aliphatic rings. The number of hydrogen-bond acceptors (Lipinski definition) is 4. The molecule has 0 aromatic carbocycles. The highest BCUT2D eigenvalue weighted by molar-refractivity contribution is 7.98. The number of hydrogen-bond donors (Lipinski definition) is 1. The molecule has 0 bridgehead atoms. The van der Waals surface area contributed by atoms with Crippen molar-refractivity contribution < 1.29 is 4.42 Å². The molecule has 3 aromatic heterocycles. The van der Waals surface area contributed by atoms with Gasteiger partial charge >= 0.3 is 0 Å². The zero-order valence-corrected chi connectivity index (χ0v) is 12.2. The zero-order chi connectivity index (χ0) is 13.6. The van der Waals surface area contributed by atoms with Crippen LogP contribution in [-0.2, 0) is 5.41 Å². The van der Waals surface area contributed by atoms with E-state index >= 15 is 0 Å². The number of H-pyrrole nitrogens is 1. The van der Waals surface area contributed by atoms with E-state index in [2.05, 4.69) is 42.3 Å². The largest absolute Gasteiger partial charge is 0.461 e. The third kappa shape index (κ3) is 1.87. The van der Waals surface area contributed by atoms with Gasteiger partial charge in [0.1, 0.15) is 0 Å². The standard InChI is InChI=1S/C13H16N4OS/c1-13(2,3)10-9(19-4)12-15-14-11(17(12)16-10)8-6-5-7-18-8/h5-7,16H,1-4H3. The van der Waals surface area contributed by atoms with Crippen molar-refractivity contribution in [1.82, 2.24) is 19.8 Å². The number of thioether (sulfide) groups is 1. The van der Waals surface area contributed by atoms with Gasteiger partial charge in [0, 0.05) is 5.41 Å². The normalized spacial score (nSPS) is 12.4. The SMILES string of the molecule is CSc1c(C(C)(C)C)[nH]n2c(-c3ccco3)nnc12. The van der Waals surface area contributed by atoms with Crippen LogP contribution in [0.5, 0.6) is 0 Å². The topological polar surface area (TPSA) is 59.1 Å². The lowest BCUT2D eigenvalue weighted by Crippen LogP contribution is -2.13. The molecule has 5 nitrogen and oxygen atoms in total. The lowest BCUT2D eigenvalue weighted by atomic mass is 9.92. The first-order valence-electron chi connectivity index (χ1n) is 6.08. The Kier molecular flexibility index (Phi) is 2.70. The van der Waals surface area contributed by atoms with Crippen molar-refractivity contribution >= 4 is 17.4 Å². The molecular weight excluding hydrogens is 260 g/mol. The molecule has 0 unspecified atom stereocenters. The van der Waals surface area contributed by atoms with Gasteiger partial charge in [0.15, 0.2) is 11.4 Å². The van der Waals surface area contributed by atoms with E-state index in [1.807, 2.05) is 16.6 Å². The Morgan fingerprint density at radius 1 is 1.32 bits per heavy atom. The number of aromatic amines is 1. The molecular formula is C13H16N4OS. The molecule has 100 valence electrons. The van der Waals surface area contributed by atoms with Crippen molar-refractivity contribution in [2.24, 2.45) is 0 Å². The van der Waals surface area contributed by atoms with Gasteiger partial charge in [-0.25, -0.2) is 4.52 Å². The van der Waals surface area contributed by atoms with Crippen molar-refractivity contribution in [2.75, 3.05) is 6.26 Å². The number of nitrogens with zero attached hydrogens (tertiary/aromatic N) is 3. The van der Waals surface area contributed by atoms with Gasteiger partial charge < -0.3 is 4.42 Å². The molecule has 0 radical (unpaired) electrons. The van der Waals surface area contributed by atoms with Crippen LogP contribution in [0.25, 0.3) is 17.2 Å². The third-order valence-electron chi connectivity index (χ3n) is 3.01. The molecule has 6 heteroatoms. The Morgan fingerprint density at radius 2 is 2.11 bits per heavy atom. The third-order valence-corrected chi connectivity index (χ3v) is 3.81. The molecule has 0 aliphatic carbocycles. The molecule has 19 heavy (non-hydrogen) atoms. The minimum Gasteiger partial charge on any atom is -0.461 e. The van der Waals surface area contributed by atoms with Crippen molar-refractivity contribution in [3.05, 3.63) is 24.1 Å². The fourth-order valence-corrected chi connectivity index (χ4v) is 2.95. The van der Waals surface area contributed by atoms with E-state index in [0.717, 1.165) is 16.2 Å². The molecule has 3 heterocycles. The van der Waals surface area contributed by atoms with E-state index in [9.17, 15) is 0 Å². The molecule has 1 N–H and O–H groups in total. The van der Waals surface area contributed by atoms with Crippen LogP contribution in [0.2, 0.25) is 0 Å². The highest BCUT2D eigenvalue weighted by Crippen LogP contribution is 2.34. The Morgan fingerprint density at radius 3 is 2.68 bits per heavy atom. The lowest BCUT2D eigenvalue weighted by molar-refractivity contribution is 0.548. The fraction of sp³-hybridized carbons (Fsp3) is 0.385. The van der Waals surface area contributed by atoms with Crippen molar-refractivity contribution in [3.8, 4) is 11.6 Å². The number of rotatable bonds is 2. The molecule has 0 fully saturated rings. The Labute approximate surface area is 115 Å². The van der Waals surface area contributed by atoms with Gasteiger partial charge in [0.05, 0.1) is 16.9 Å². The molecule has 3 rings (SSSR count). The van der Waals surface area contributed by atoms with Crippen LogP contribution in [0, 0.1) is 0 Å². The molecule has 0 amide bonds. The number of aromatic nitrogens is 4. The van der Waals surface area contributed by atoms with Gasteiger partial charge in [0.25, 0.3) is 0 Å². The number of nitrogens with one attached hydrogen (secondary N) is 1. The Hall–Kier alpha value is -1.69. The predicted molar refractivity (Wildman–Crippen MR) is 75.5 cm³/mol. The van der Waals surface area contributed by atoms with Crippen LogP contribution in [0.4, 0.5) is 0 Å². The summed E-state index contributed by atoms with van der Waals surface area (Å²) in [6.45, 7) is 6.54. The van der Waals surface area contributed by atoms with Gasteiger partial charge in [-0.3, -0.25) is 5.10 Å². The van der Waals surface area contributed by atoms with Crippen LogP contribution < -0.4 is 0 Å². The molecule has 0 saturated heterocycles. The summed E-state index contributed by atoms with van der Waals surface area (Å²) in [4.78, 5) is 1.14. The van der Waals surface area contributed by atoms with Crippen LogP contribution in [-0.4, -0.2) is 26.1 Å². The Bertz CT molecular complexity index is 703. The first kappa shape index (κ1) is 12.3. The summed E-state index contributed by atoms with van der Waals surface area (Å²) in [5.74, 6) is 1.41. The fourth-order valence-electron chi connectivity index (χ4n) is 2.08. The van der Waals surface area contributed by atoms with E-state index < -0.39 is 0 Å². The van der Waals surface area contributed by atoms with Gasteiger partial charge in [-0.2, -0.15) is 0 Å². The summed E-state index contributed by atoms with van der Waals surface area (Å²) in [7, 11) is 0. The number of fused-ring (bicyclic) bond motifs is 1. The van der Waals surface area contributed by atoms with Crippen molar-refractivity contribution in [3.63, 3.8) is 0 Å². The minimum atomic E-state index is 0.0273. The maximum Gasteiger partial charge on any atom is 0.219 e. The summed E-state index contributed by atoms with van der Waals surface area (Å²) in [6.07, 6.45) is 3.69. The maximum atomic E-state index is 5.40. The average molecular weight is 276 g/mol. The monoisotopic (exact) mass is 276 g/mol. The van der Waals surface area contributed by atoms with E-state index in [1.165, 1.54) is 0 Å². The first-order valence-corrected chi connectivity index (χ1v) is 7.30. The van der Waals surface area contributed by atoms with E-state index in [1.54, 1.807) is 18.0 Å². The molecule has 0 aliphatic heterocycles. The van der Waals surface area contributed by atoms with Gasteiger partial charge in [0.2, 0.25) is 5.82 Å². The molecule has 3 aromatic rings. The first-order chi connectivity index (χ1) is 9.02. The Balaban J connectivity index is 2.27. The number of furan rings is 1. The van der Waals surface area contributed by atoms with Gasteiger partial charge in [-0.15, -0.1) is 22.0 Å². The summed E-state index contributed by atoms with van der Waals surface area (Å²) in [5.41, 5.74) is 2.04. The molecule has 0 spiro atoms. The second-order valence-corrected chi connectivity index (χ2v) is 6.25. The predicted octanol–water partition coefficient (Wildman–Crippen LogP) is 3.34. The lowest BCUT2D eigenvalue weighted by Gasteiger charge is -2.17. The second kappa shape index (κ2) is 4.16. The van der Waals surface area contributed by atoms with Crippen molar-refractivity contribution in [1.29, 1.82) is 0 Å². The second-order valence-electron chi connectivity index (χ2n) is 5.43. The quantitative estimate of drug-likeness (QED) is 0.729. The van der Waals surface area contributed by atoms with Gasteiger partial charge in [-0.05, 0) is 18.4 Å². The zero-order valence-electron chi connectivity index (χ0n) is 11.4. The van der Waals surface area contributed by atoms with Crippen molar-refractivity contribution in [2.45, 2.75) is 31.1 Å².